The fourth-order valence-electron chi connectivity index (χ4n) is 0.140. The number of hydrogen-bond donors (Lipinski definition) is 3. The summed E-state index contributed by atoms with van der Waals surface area (Å²) in [5.41, 5.74) is 13.5. The quantitative estimate of drug-likeness (QED) is 0.179. The van der Waals surface area contributed by atoms with E-state index < -0.39 is 0 Å². The molecule has 0 aromatic heterocycles. The van der Waals surface area contributed by atoms with Crippen molar-refractivity contribution in [3.8, 4) is 0 Å². The summed E-state index contributed by atoms with van der Waals surface area (Å²) in [6.45, 7) is 0. The van der Waals surface area contributed by atoms with Gasteiger partial charge in [-0.1, -0.05) is 0 Å². The minimum atomic E-state index is -0.0671. The summed E-state index contributed by atoms with van der Waals surface area (Å²) in [7, 11) is 1.58. The maximum absolute atomic E-state index is 6.24. The average Bonchev–Trinajstić information content (AvgIpc) is 1.68. The molecule has 7 heavy (non-hydrogen) atoms. The first-order chi connectivity index (χ1) is 3.31. The van der Waals surface area contributed by atoms with E-state index >= 15 is 0 Å². The van der Waals surface area contributed by atoms with Crippen LogP contribution in [0.25, 0.3) is 0 Å². The smallest absolute Gasteiger partial charge is 0.255 e. The lowest BCUT2D eigenvalue weighted by Gasteiger charge is -1.84. The Hall–Kier alpha value is -1.13. The zero-order chi connectivity index (χ0) is 5.70. The number of guanidine groups is 1. The van der Waals surface area contributed by atoms with Crippen LogP contribution >= 0.6 is 0 Å². The lowest BCUT2D eigenvalue weighted by atomic mass is 11.1. The van der Waals surface area contributed by atoms with Gasteiger partial charge in [-0.25, -0.2) is 5.53 Å². The van der Waals surface area contributed by atoms with E-state index in [0.717, 1.165) is 0 Å². The highest BCUT2D eigenvalue weighted by molar-refractivity contribution is 5.77. The summed E-state index contributed by atoms with van der Waals surface area (Å²) in [4.78, 5) is 0. The fraction of sp³-hybridized carbons (Fsp3) is 0.500. The SMILES string of the molecule is CN/N=C(/N)N=N. The van der Waals surface area contributed by atoms with Gasteiger partial charge in [0, 0.05) is 7.05 Å². The van der Waals surface area contributed by atoms with Crippen LogP contribution in [0.5, 0.6) is 0 Å². The molecule has 0 aliphatic rings. The highest BCUT2D eigenvalue weighted by Crippen LogP contribution is 1.61. The van der Waals surface area contributed by atoms with E-state index in [1.165, 1.54) is 0 Å². The minimum Gasteiger partial charge on any atom is -0.365 e. The minimum absolute atomic E-state index is 0.0671. The first-order valence-electron chi connectivity index (χ1n) is 1.68. The zero-order valence-corrected chi connectivity index (χ0v) is 3.97. The zero-order valence-electron chi connectivity index (χ0n) is 3.97. The second-order valence-electron chi connectivity index (χ2n) is 0.805. The van der Waals surface area contributed by atoms with Crippen LogP contribution in [-0.4, -0.2) is 13.0 Å². The molecule has 5 nitrogen and oxygen atoms in total. The third-order valence-corrected chi connectivity index (χ3v) is 0.341. The third kappa shape index (κ3) is 2.68. The van der Waals surface area contributed by atoms with Crippen LogP contribution in [-0.2, 0) is 0 Å². The molecular formula is C2H7N5. The Kier molecular flexibility index (Phi) is 2.58. The highest BCUT2D eigenvalue weighted by Gasteiger charge is 1.76. The molecule has 0 saturated heterocycles. The van der Waals surface area contributed by atoms with Gasteiger partial charge in [0.1, 0.15) is 0 Å². The Morgan fingerprint density at radius 3 is 2.57 bits per heavy atom. The monoisotopic (exact) mass is 101 g/mol. The Labute approximate surface area is 41.1 Å². The van der Waals surface area contributed by atoms with Crippen molar-refractivity contribution >= 4 is 5.96 Å². The van der Waals surface area contributed by atoms with E-state index in [1.807, 2.05) is 0 Å². The van der Waals surface area contributed by atoms with Crippen molar-refractivity contribution in [2.75, 3.05) is 7.05 Å². The van der Waals surface area contributed by atoms with E-state index in [2.05, 4.69) is 15.6 Å². The molecule has 0 heterocycles. The van der Waals surface area contributed by atoms with Crippen LogP contribution in [0, 0.1) is 5.53 Å². The Morgan fingerprint density at radius 2 is 2.43 bits per heavy atom. The number of nitrogens with two attached hydrogens (primary N) is 1. The number of hydrogen-bond acceptors (Lipinski definition) is 3. The molecule has 0 spiro atoms. The van der Waals surface area contributed by atoms with Gasteiger partial charge in [0.05, 0.1) is 0 Å². The molecule has 0 radical (unpaired) electrons. The molecule has 0 rings (SSSR count). The van der Waals surface area contributed by atoms with Gasteiger partial charge in [-0.05, 0) is 0 Å². The molecule has 0 aliphatic heterocycles. The van der Waals surface area contributed by atoms with Crippen LogP contribution in [0.15, 0.2) is 10.2 Å². The molecule has 0 saturated carbocycles. The molecule has 4 N–H and O–H groups in total. The predicted octanol–water partition coefficient (Wildman–Crippen LogP) is -0.534. The van der Waals surface area contributed by atoms with Crippen LogP contribution in [0.4, 0.5) is 0 Å². The Bertz CT molecular complexity index is 84.1. The van der Waals surface area contributed by atoms with Gasteiger partial charge in [-0.3, -0.25) is 0 Å². The number of rotatable bonds is 1. The van der Waals surface area contributed by atoms with Gasteiger partial charge in [-0.2, -0.15) is 0 Å². The average molecular weight is 101 g/mol. The van der Waals surface area contributed by atoms with E-state index in [4.69, 9.17) is 11.3 Å². The lowest BCUT2D eigenvalue weighted by molar-refractivity contribution is 0.886. The Balaban J connectivity index is 3.49. The largest absolute Gasteiger partial charge is 0.365 e. The number of nitrogens with zero attached hydrogens (tertiary/aromatic N) is 2. The van der Waals surface area contributed by atoms with Gasteiger partial charge < -0.3 is 11.2 Å². The Morgan fingerprint density at radius 1 is 1.86 bits per heavy atom. The molecule has 0 aromatic carbocycles. The molecule has 0 atom stereocenters. The molecule has 0 fully saturated rings. The van der Waals surface area contributed by atoms with Crippen molar-refractivity contribution in [3.05, 3.63) is 0 Å². The maximum atomic E-state index is 6.24. The second-order valence-corrected chi connectivity index (χ2v) is 0.805. The lowest BCUT2D eigenvalue weighted by Crippen LogP contribution is -2.11. The van der Waals surface area contributed by atoms with E-state index in [-0.39, 0.29) is 5.96 Å². The summed E-state index contributed by atoms with van der Waals surface area (Å²) in [6.07, 6.45) is 0. The molecule has 0 aliphatic carbocycles. The summed E-state index contributed by atoms with van der Waals surface area (Å²) >= 11 is 0. The molecule has 0 unspecified atom stereocenters. The third-order valence-electron chi connectivity index (χ3n) is 0.341. The molecule has 0 amide bonds. The standard InChI is InChI=1S/C2H7N5/c1-5-7-2(3)6-4/h4-5H,1H3,(H2,3,7). The van der Waals surface area contributed by atoms with Crippen molar-refractivity contribution in [3.63, 3.8) is 0 Å². The van der Waals surface area contributed by atoms with E-state index in [0.29, 0.717) is 0 Å². The van der Waals surface area contributed by atoms with Crippen molar-refractivity contribution in [1.82, 2.24) is 5.43 Å². The van der Waals surface area contributed by atoms with Gasteiger partial charge in [0.25, 0.3) is 5.96 Å². The second kappa shape index (κ2) is 3.08. The molecule has 40 valence electrons. The molecular weight excluding hydrogens is 94.1 g/mol. The summed E-state index contributed by atoms with van der Waals surface area (Å²) in [5, 5.41) is 6.13. The van der Waals surface area contributed by atoms with Crippen LogP contribution in [0.2, 0.25) is 0 Å². The van der Waals surface area contributed by atoms with Crippen molar-refractivity contribution < 1.29 is 0 Å². The van der Waals surface area contributed by atoms with E-state index in [9.17, 15) is 0 Å². The highest BCUT2D eigenvalue weighted by atomic mass is 15.3. The summed E-state index contributed by atoms with van der Waals surface area (Å²) < 4.78 is 0. The molecule has 0 aromatic rings. The van der Waals surface area contributed by atoms with Crippen LogP contribution in [0.1, 0.15) is 0 Å². The van der Waals surface area contributed by atoms with Crippen molar-refractivity contribution in [2.24, 2.45) is 15.9 Å². The molecule has 5 heteroatoms. The summed E-state index contributed by atoms with van der Waals surface area (Å²) in [5.74, 6) is -0.0671. The van der Waals surface area contributed by atoms with Gasteiger partial charge >= 0.3 is 0 Å². The fourth-order valence-corrected chi connectivity index (χ4v) is 0.140. The first-order valence-corrected chi connectivity index (χ1v) is 1.68. The normalized spacial score (nSPS) is 10.7. The van der Waals surface area contributed by atoms with Crippen LogP contribution in [0.3, 0.4) is 0 Å². The topological polar surface area (TPSA) is 86.6 Å². The van der Waals surface area contributed by atoms with Gasteiger partial charge in [0.2, 0.25) is 0 Å². The van der Waals surface area contributed by atoms with Crippen molar-refractivity contribution in [1.29, 1.82) is 5.53 Å². The number of nitrogens with one attached hydrogen (secondary N) is 2. The van der Waals surface area contributed by atoms with Crippen LogP contribution < -0.4 is 11.2 Å². The van der Waals surface area contributed by atoms with E-state index in [1.54, 1.807) is 7.05 Å². The maximum Gasteiger partial charge on any atom is 0.255 e. The summed E-state index contributed by atoms with van der Waals surface area (Å²) in [6, 6.07) is 0. The van der Waals surface area contributed by atoms with Crippen molar-refractivity contribution in [2.45, 2.75) is 0 Å². The first kappa shape index (κ1) is 5.87. The van der Waals surface area contributed by atoms with Gasteiger partial charge in [0.15, 0.2) is 0 Å². The molecule has 0 bridgehead atoms. The van der Waals surface area contributed by atoms with Gasteiger partial charge in [-0.15, -0.1) is 10.2 Å². The number of hydrazone groups is 1. The predicted molar refractivity (Wildman–Crippen MR) is 25.8 cm³/mol.